The summed E-state index contributed by atoms with van der Waals surface area (Å²) in [5.74, 6) is 0. The van der Waals surface area contributed by atoms with E-state index in [4.69, 9.17) is 21.3 Å². The van der Waals surface area contributed by atoms with Crippen molar-refractivity contribution in [2.75, 3.05) is 80.5 Å². The maximum Gasteiger partial charge on any atom is 1.00 e. The number of rotatable bonds is 14. The summed E-state index contributed by atoms with van der Waals surface area (Å²) in [5.41, 5.74) is 9.31. The van der Waals surface area contributed by atoms with Crippen molar-refractivity contribution >= 4 is 65.8 Å². The Morgan fingerprint density at radius 1 is 0.341 bits per heavy atom. The molecule has 8 nitrogen and oxygen atoms in total. The van der Waals surface area contributed by atoms with E-state index >= 15 is 0 Å². The number of likely N-dealkylation sites (N-methyl/N-ethyl adjacent to an activating group) is 4. The Morgan fingerprint density at radius 2 is 0.622 bits per heavy atom. The second-order valence-electron chi connectivity index (χ2n) is 22.7. The minimum atomic E-state index is 0. The van der Waals surface area contributed by atoms with Crippen molar-refractivity contribution in [1.82, 2.24) is 9.80 Å². The molecule has 0 saturated carbocycles. The molecule has 9 aromatic carbocycles. The Labute approximate surface area is 538 Å². The average molecular weight is 1060 g/mol. The molecule has 0 spiro atoms. The summed E-state index contributed by atoms with van der Waals surface area (Å²) >= 11 is 0. The zero-order chi connectivity index (χ0) is 53.2. The van der Waals surface area contributed by atoms with E-state index in [1.807, 2.05) is 36.4 Å². The fourth-order valence-electron chi connectivity index (χ4n) is 12.9. The van der Waals surface area contributed by atoms with E-state index in [1.54, 1.807) is 9.80 Å². The maximum atomic E-state index is 5.30. The Hall–Kier alpha value is -4.55. The molecular formula is C70H80Li4N8+2. The Kier molecular flexibility index (Phi) is 25.0. The third-order valence-corrected chi connectivity index (χ3v) is 17.7. The normalized spacial score (nSPS) is 20.3. The van der Waals surface area contributed by atoms with E-state index in [0.717, 1.165) is 48.9 Å². The molecule has 4 saturated heterocycles. The zero-order valence-electron chi connectivity index (χ0n) is 50.6. The third-order valence-electron chi connectivity index (χ3n) is 17.7. The van der Waals surface area contributed by atoms with Crippen LogP contribution in [-0.4, -0.2) is 115 Å². The molecular weight excluding hydrogens is 981 g/mol. The van der Waals surface area contributed by atoms with Crippen LogP contribution in [0.5, 0.6) is 0 Å². The van der Waals surface area contributed by atoms with Crippen molar-refractivity contribution in [3.63, 3.8) is 0 Å². The van der Waals surface area contributed by atoms with Crippen LogP contribution in [0.4, 0.5) is 22.7 Å². The number of hydrogen-bond acceptors (Lipinski definition) is 2. The molecule has 4 aliphatic heterocycles. The second kappa shape index (κ2) is 31.5. The second-order valence-corrected chi connectivity index (χ2v) is 22.7. The van der Waals surface area contributed by atoms with Gasteiger partial charge in [-0.2, -0.15) is 0 Å². The van der Waals surface area contributed by atoms with Crippen LogP contribution in [0, 0.1) is 0 Å². The predicted octanol–water partition coefficient (Wildman–Crippen LogP) is 2.59. The van der Waals surface area contributed by atoms with Crippen LogP contribution in [0.15, 0.2) is 182 Å². The molecule has 0 amide bonds. The Bertz CT molecular complexity index is 2990. The zero-order valence-corrected chi connectivity index (χ0v) is 50.6. The summed E-state index contributed by atoms with van der Waals surface area (Å²) < 4.78 is 0. The molecule has 2 N–H and O–H groups in total. The van der Waals surface area contributed by atoms with Crippen LogP contribution in [0.25, 0.3) is 86.6 Å². The van der Waals surface area contributed by atoms with Crippen molar-refractivity contribution in [2.24, 2.45) is 0 Å². The number of nitrogens with one attached hydrogen (secondary N) is 2. The van der Waals surface area contributed by atoms with E-state index in [2.05, 4.69) is 184 Å². The quantitative estimate of drug-likeness (QED) is 0.165. The molecule has 6 atom stereocenters. The molecule has 0 bridgehead atoms. The first-order chi connectivity index (χ1) is 38.4. The van der Waals surface area contributed by atoms with Gasteiger partial charge < -0.3 is 40.9 Å². The SMILES string of the molecule is CN1CCC[C@H]1C[N-]c1ccc2ccccc2c1-c1c([N-]C[C@@H]2CCCN2C)ccc2ccccc12.C[NH+]1CCC[C@H]1C[N-]c1ccc2ccccc2c1-c1c([N-]C[C@@H]2CCC[NH+]2C)ccc2ccccc12.[Li+].[Li+].[Li+].[Li+].c1ccccc1. The Balaban J connectivity index is 0.000000205. The van der Waals surface area contributed by atoms with Crippen LogP contribution in [-0.2, 0) is 0 Å². The predicted molar refractivity (Wildman–Crippen MR) is 333 cm³/mol. The van der Waals surface area contributed by atoms with Gasteiger partial charge in [-0.05, 0) is 130 Å². The van der Waals surface area contributed by atoms with Crippen LogP contribution in [0.1, 0.15) is 51.4 Å². The molecule has 82 heavy (non-hydrogen) atoms. The van der Waals surface area contributed by atoms with Gasteiger partial charge in [0.2, 0.25) is 0 Å². The molecule has 4 heterocycles. The monoisotopic (exact) mass is 1060 g/mol. The van der Waals surface area contributed by atoms with Gasteiger partial charge in [0.1, 0.15) is 0 Å². The molecule has 0 aliphatic carbocycles. The molecule has 402 valence electrons. The third kappa shape index (κ3) is 15.3. The largest absolute Gasteiger partial charge is 1.00 e. The molecule has 2 unspecified atom stereocenters. The van der Waals surface area contributed by atoms with Crippen LogP contribution in [0.2, 0.25) is 0 Å². The smallest absolute Gasteiger partial charge is 0.683 e. The van der Waals surface area contributed by atoms with Crippen LogP contribution >= 0.6 is 0 Å². The molecule has 13 rings (SSSR count). The van der Waals surface area contributed by atoms with E-state index in [9.17, 15) is 0 Å². The van der Waals surface area contributed by atoms with Gasteiger partial charge in [0, 0.05) is 25.7 Å². The minimum Gasteiger partial charge on any atom is -0.683 e. The van der Waals surface area contributed by atoms with E-state index in [1.165, 1.54) is 143 Å². The fraction of sp³-hybridized carbons (Fsp3) is 0.343. The van der Waals surface area contributed by atoms with Crippen molar-refractivity contribution < 1.29 is 85.2 Å². The van der Waals surface area contributed by atoms with Gasteiger partial charge in [-0.3, -0.25) is 0 Å². The molecule has 4 aliphatic rings. The summed E-state index contributed by atoms with van der Waals surface area (Å²) in [6, 6.07) is 67.1. The van der Waals surface area contributed by atoms with Crippen molar-refractivity contribution in [3.8, 4) is 22.3 Å². The average Bonchev–Trinajstić information content (AvgIpc) is 4.31. The van der Waals surface area contributed by atoms with Crippen LogP contribution in [0.3, 0.4) is 0 Å². The maximum absolute atomic E-state index is 5.30. The summed E-state index contributed by atoms with van der Waals surface area (Å²) in [5, 5.41) is 31.2. The topological polar surface area (TPSA) is 71.8 Å². The first kappa shape index (κ1) is 65.0. The number of benzene rings is 9. The van der Waals surface area contributed by atoms with Gasteiger partial charge >= 0.3 is 75.4 Å². The fourth-order valence-corrected chi connectivity index (χ4v) is 12.9. The molecule has 4 fully saturated rings. The molecule has 0 radical (unpaired) electrons. The summed E-state index contributed by atoms with van der Waals surface area (Å²) in [6.07, 6.45) is 10.1. The van der Waals surface area contributed by atoms with E-state index in [0.29, 0.717) is 24.2 Å². The van der Waals surface area contributed by atoms with Gasteiger partial charge in [0.15, 0.2) is 0 Å². The van der Waals surface area contributed by atoms with Gasteiger partial charge in [-0.15, -0.1) is 35.8 Å². The molecule has 0 aromatic heterocycles. The van der Waals surface area contributed by atoms with Crippen LogP contribution < -0.4 is 85.2 Å². The minimum absolute atomic E-state index is 0. The first-order valence-corrected chi connectivity index (χ1v) is 29.2. The number of hydrogen-bond donors (Lipinski definition) is 2. The van der Waals surface area contributed by atoms with Gasteiger partial charge in [0.25, 0.3) is 0 Å². The van der Waals surface area contributed by atoms with E-state index < -0.39 is 0 Å². The Morgan fingerprint density at radius 3 is 0.878 bits per heavy atom. The summed E-state index contributed by atoms with van der Waals surface area (Å²) in [6.45, 7) is 8.30. The van der Waals surface area contributed by atoms with Crippen molar-refractivity contribution in [3.05, 3.63) is 203 Å². The number of fused-ring (bicyclic) bond motifs is 4. The summed E-state index contributed by atoms with van der Waals surface area (Å²) in [7, 11) is 9.10. The van der Waals surface area contributed by atoms with Gasteiger partial charge in [0.05, 0.1) is 39.3 Å². The number of quaternary nitrogens is 2. The van der Waals surface area contributed by atoms with Crippen molar-refractivity contribution in [1.29, 1.82) is 0 Å². The molecule has 12 heteroatoms. The van der Waals surface area contributed by atoms with E-state index in [-0.39, 0.29) is 75.4 Å². The number of nitrogens with zero attached hydrogens (tertiary/aromatic N) is 6. The van der Waals surface area contributed by atoms with Crippen molar-refractivity contribution in [2.45, 2.75) is 75.5 Å². The van der Waals surface area contributed by atoms with Gasteiger partial charge in [-0.1, -0.05) is 195 Å². The van der Waals surface area contributed by atoms with Gasteiger partial charge in [-0.25, -0.2) is 0 Å². The standard InChI is InChI=1S/2C32H36N4.C6H6.4Li/c2*1-35-19-7-11-25(35)21-33-29-17-15-23-9-3-5-13-27(23)31(29)32-28-14-6-4-10-24(28)16-18-30(32)34-22-26-12-8-20-36(26)2;1-2-4-6-5-3-1;;;;/h2*3-6,9-10,13-18,25-26H,7-8,11-12,19-22H2,1-2H3;1-6H;;;;/q2*-2;;4*+1/p+2/t2*25-,26-;;;;;/m00...../s1. The summed E-state index contributed by atoms with van der Waals surface area (Å²) in [4.78, 5) is 8.15. The molecule has 9 aromatic rings. The first-order valence-electron chi connectivity index (χ1n) is 29.2. The number of likely N-dealkylation sites (tertiary alicyclic amines) is 4.